The first kappa shape index (κ1) is 17.9. The molecule has 126 valence electrons. The molecule has 0 aromatic heterocycles. The molecular formula is C18H18ClFN2O2. The minimum Gasteiger partial charge on any atom is -0.350 e. The van der Waals surface area contributed by atoms with Gasteiger partial charge in [0.1, 0.15) is 5.82 Å². The van der Waals surface area contributed by atoms with Gasteiger partial charge < -0.3 is 10.2 Å². The second-order valence-electron chi connectivity index (χ2n) is 5.33. The maximum atomic E-state index is 12.9. The van der Waals surface area contributed by atoms with Gasteiger partial charge in [-0.05, 0) is 35.9 Å². The van der Waals surface area contributed by atoms with E-state index < -0.39 is 0 Å². The van der Waals surface area contributed by atoms with Crippen molar-refractivity contribution in [3.05, 3.63) is 70.5 Å². The Bertz CT molecular complexity index is 719. The topological polar surface area (TPSA) is 49.4 Å². The Hall–Kier alpha value is -2.40. The molecule has 4 nitrogen and oxygen atoms in total. The molecule has 0 aliphatic heterocycles. The fraction of sp³-hybridized carbons (Fsp3) is 0.222. The molecule has 2 aromatic carbocycles. The van der Waals surface area contributed by atoms with E-state index in [-0.39, 0.29) is 17.6 Å². The number of rotatable bonds is 6. The average Bonchev–Trinajstić information content (AvgIpc) is 2.55. The lowest BCUT2D eigenvalue weighted by molar-refractivity contribution is -0.129. The molecule has 0 radical (unpaired) electrons. The predicted molar refractivity (Wildman–Crippen MR) is 91.3 cm³/mol. The number of carbonyl (C=O) groups is 2. The van der Waals surface area contributed by atoms with Crippen molar-refractivity contribution in [3.8, 4) is 0 Å². The smallest absolute Gasteiger partial charge is 0.251 e. The fourth-order valence-electron chi connectivity index (χ4n) is 2.19. The number of carbonyl (C=O) groups excluding carboxylic acids is 2. The molecule has 0 bridgehead atoms. The van der Waals surface area contributed by atoms with Crippen LogP contribution in [0.4, 0.5) is 4.39 Å². The van der Waals surface area contributed by atoms with Crippen LogP contribution >= 0.6 is 11.6 Å². The van der Waals surface area contributed by atoms with E-state index in [0.717, 1.165) is 5.56 Å². The molecule has 0 aliphatic carbocycles. The molecule has 0 saturated carbocycles. The van der Waals surface area contributed by atoms with E-state index in [1.54, 1.807) is 41.3 Å². The second-order valence-corrected chi connectivity index (χ2v) is 5.77. The zero-order chi connectivity index (χ0) is 17.5. The Morgan fingerprint density at radius 1 is 1.17 bits per heavy atom. The number of hydrogen-bond donors (Lipinski definition) is 1. The Morgan fingerprint density at radius 3 is 2.50 bits per heavy atom. The lowest BCUT2D eigenvalue weighted by Gasteiger charge is -2.21. The summed E-state index contributed by atoms with van der Waals surface area (Å²) in [7, 11) is 0. The lowest BCUT2D eigenvalue weighted by atomic mass is 10.2. The minimum absolute atomic E-state index is 0.115. The highest BCUT2D eigenvalue weighted by atomic mass is 35.5. The molecule has 24 heavy (non-hydrogen) atoms. The van der Waals surface area contributed by atoms with Gasteiger partial charge >= 0.3 is 0 Å². The monoisotopic (exact) mass is 348 g/mol. The average molecular weight is 349 g/mol. The minimum atomic E-state index is -0.318. The van der Waals surface area contributed by atoms with E-state index >= 15 is 0 Å². The third-order valence-corrected chi connectivity index (χ3v) is 3.72. The van der Waals surface area contributed by atoms with Gasteiger partial charge in [-0.2, -0.15) is 0 Å². The molecular weight excluding hydrogens is 331 g/mol. The van der Waals surface area contributed by atoms with Gasteiger partial charge in [-0.3, -0.25) is 9.59 Å². The Kier molecular flexibility index (Phi) is 6.32. The Morgan fingerprint density at radius 2 is 1.88 bits per heavy atom. The summed E-state index contributed by atoms with van der Waals surface area (Å²) in [6, 6.07) is 12.6. The summed E-state index contributed by atoms with van der Waals surface area (Å²) in [5.41, 5.74) is 1.29. The number of halogens is 2. The second kappa shape index (κ2) is 8.45. The van der Waals surface area contributed by atoms with Gasteiger partial charge in [0.05, 0.1) is 0 Å². The molecule has 0 aliphatic rings. The van der Waals surface area contributed by atoms with E-state index in [1.807, 2.05) is 0 Å². The Labute approximate surface area is 145 Å². The first-order valence-electron chi connectivity index (χ1n) is 7.49. The van der Waals surface area contributed by atoms with E-state index in [0.29, 0.717) is 30.2 Å². The Balaban J connectivity index is 1.88. The maximum absolute atomic E-state index is 12.9. The van der Waals surface area contributed by atoms with Gasteiger partial charge in [-0.15, -0.1) is 0 Å². The van der Waals surface area contributed by atoms with Crippen LogP contribution in [0.25, 0.3) is 0 Å². The SMILES string of the molecule is CC(=O)N(CCNC(=O)c1cccc(Cl)c1)Cc1ccc(F)cc1. The van der Waals surface area contributed by atoms with Gasteiger partial charge in [0.25, 0.3) is 5.91 Å². The number of amides is 2. The zero-order valence-electron chi connectivity index (χ0n) is 13.3. The van der Waals surface area contributed by atoms with E-state index in [1.165, 1.54) is 19.1 Å². The fourth-order valence-corrected chi connectivity index (χ4v) is 2.38. The van der Waals surface area contributed by atoms with Crippen molar-refractivity contribution in [2.24, 2.45) is 0 Å². The van der Waals surface area contributed by atoms with Gasteiger partial charge in [0, 0.05) is 37.1 Å². The summed E-state index contributed by atoms with van der Waals surface area (Å²) in [5, 5.41) is 3.25. The molecule has 0 spiro atoms. The molecule has 0 heterocycles. The molecule has 2 rings (SSSR count). The number of hydrogen-bond acceptors (Lipinski definition) is 2. The number of nitrogens with one attached hydrogen (secondary N) is 1. The molecule has 1 N–H and O–H groups in total. The normalized spacial score (nSPS) is 10.3. The molecule has 2 aromatic rings. The van der Waals surface area contributed by atoms with Crippen molar-refractivity contribution in [2.45, 2.75) is 13.5 Å². The first-order valence-corrected chi connectivity index (χ1v) is 7.87. The maximum Gasteiger partial charge on any atom is 0.251 e. The summed E-state index contributed by atoms with van der Waals surface area (Å²) in [6.45, 7) is 2.50. The van der Waals surface area contributed by atoms with Crippen LogP contribution in [0, 0.1) is 5.82 Å². The standard InChI is InChI=1S/C18H18ClFN2O2/c1-13(23)22(12-14-5-7-17(20)8-6-14)10-9-21-18(24)15-3-2-4-16(19)11-15/h2-8,11H,9-10,12H2,1H3,(H,21,24). The molecule has 0 atom stereocenters. The van der Waals surface area contributed by atoms with Crippen molar-refractivity contribution in [2.75, 3.05) is 13.1 Å². The third kappa shape index (κ3) is 5.35. The summed E-state index contributed by atoms with van der Waals surface area (Å²) in [6.07, 6.45) is 0. The largest absolute Gasteiger partial charge is 0.350 e. The van der Waals surface area contributed by atoms with Crippen LogP contribution in [0.5, 0.6) is 0 Å². The van der Waals surface area contributed by atoms with Crippen LogP contribution in [-0.2, 0) is 11.3 Å². The van der Waals surface area contributed by atoms with Crippen LogP contribution < -0.4 is 5.32 Å². The van der Waals surface area contributed by atoms with E-state index in [4.69, 9.17) is 11.6 Å². The molecule has 0 saturated heterocycles. The highest BCUT2D eigenvalue weighted by Crippen LogP contribution is 2.10. The lowest BCUT2D eigenvalue weighted by Crippen LogP contribution is -2.37. The van der Waals surface area contributed by atoms with E-state index in [2.05, 4.69) is 5.32 Å². The molecule has 6 heteroatoms. The quantitative estimate of drug-likeness (QED) is 0.871. The van der Waals surface area contributed by atoms with Crippen molar-refractivity contribution >= 4 is 23.4 Å². The van der Waals surface area contributed by atoms with Crippen molar-refractivity contribution in [1.29, 1.82) is 0 Å². The summed E-state index contributed by atoms with van der Waals surface area (Å²) >= 11 is 5.86. The number of nitrogens with zero attached hydrogens (tertiary/aromatic N) is 1. The predicted octanol–water partition coefficient (Wildman–Crippen LogP) is 3.26. The zero-order valence-corrected chi connectivity index (χ0v) is 14.0. The van der Waals surface area contributed by atoms with Gasteiger partial charge in [0.2, 0.25) is 5.91 Å². The van der Waals surface area contributed by atoms with Crippen LogP contribution in [-0.4, -0.2) is 29.8 Å². The van der Waals surface area contributed by atoms with E-state index in [9.17, 15) is 14.0 Å². The van der Waals surface area contributed by atoms with Crippen molar-refractivity contribution in [1.82, 2.24) is 10.2 Å². The summed E-state index contributed by atoms with van der Waals surface area (Å²) in [4.78, 5) is 25.3. The van der Waals surface area contributed by atoms with Crippen molar-refractivity contribution in [3.63, 3.8) is 0 Å². The molecule has 0 fully saturated rings. The van der Waals surface area contributed by atoms with Crippen LogP contribution in [0.1, 0.15) is 22.8 Å². The molecule has 2 amide bonds. The number of benzene rings is 2. The third-order valence-electron chi connectivity index (χ3n) is 3.49. The molecule has 0 unspecified atom stereocenters. The van der Waals surface area contributed by atoms with Crippen LogP contribution in [0.2, 0.25) is 5.02 Å². The van der Waals surface area contributed by atoms with Gasteiger partial charge in [0.15, 0.2) is 0 Å². The van der Waals surface area contributed by atoms with Gasteiger partial charge in [-0.25, -0.2) is 4.39 Å². The highest BCUT2D eigenvalue weighted by Gasteiger charge is 2.11. The van der Waals surface area contributed by atoms with Crippen LogP contribution in [0.3, 0.4) is 0 Å². The van der Waals surface area contributed by atoms with Crippen LogP contribution in [0.15, 0.2) is 48.5 Å². The van der Waals surface area contributed by atoms with Gasteiger partial charge in [-0.1, -0.05) is 29.8 Å². The first-order chi connectivity index (χ1) is 11.5. The summed E-state index contributed by atoms with van der Waals surface area (Å²) in [5.74, 6) is -0.680. The van der Waals surface area contributed by atoms with Crippen molar-refractivity contribution < 1.29 is 14.0 Å². The highest BCUT2D eigenvalue weighted by molar-refractivity contribution is 6.30. The summed E-state index contributed by atoms with van der Waals surface area (Å²) < 4.78 is 12.9.